The summed E-state index contributed by atoms with van der Waals surface area (Å²) in [7, 11) is 0. The molecule has 0 bridgehead atoms. The fourth-order valence-electron chi connectivity index (χ4n) is 2.87. The van der Waals surface area contributed by atoms with Gasteiger partial charge >= 0.3 is 0 Å². The first-order chi connectivity index (χ1) is 9.81. The standard InChI is InChI=1S/C17H22N2S/c1-14-10-18-17(9-15-5-3-2-4-6-15)12-19(14)11-16-7-8-20-13-16/h2-8,13-14,17-18H,9-12H2,1H3. The van der Waals surface area contributed by atoms with Crippen molar-refractivity contribution in [3.8, 4) is 0 Å². The van der Waals surface area contributed by atoms with Gasteiger partial charge in [-0.1, -0.05) is 30.3 Å². The van der Waals surface area contributed by atoms with Gasteiger partial charge in [0.15, 0.2) is 0 Å². The molecule has 1 fully saturated rings. The van der Waals surface area contributed by atoms with Crippen molar-refractivity contribution in [3.05, 3.63) is 58.3 Å². The molecule has 0 amide bonds. The molecule has 0 radical (unpaired) electrons. The summed E-state index contributed by atoms with van der Waals surface area (Å²) in [5, 5.41) is 8.12. The van der Waals surface area contributed by atoms with Gasteiger partial charge in [0.1, 0.15) is 0 Å². The Morgan fingerprint density at radius 1 is 1.20 bits per heavy atom. The van der Waals surface area contributed by atoms with Gasteiger partial charge in [-0.15, -0.1) is 0 Å². The third kappa shape index (κ3) is 3.48. The summed E-state index contributed by atoms with van der Waals surface area (Å²) in [6.45, 7) is 5.61. The van der Waals surface area contributed by atoms with Crippen molar-refractivity contribution in [2.24, 2.45) is 0 Å². The maximum atomic E-state index is 3.69. The summed E-state index contributed by atoms with van der Waals surface area (Å²) in [6, 6.07) is 14.2. The first-order valence-electron chi connectivity index (χ1n) is 7.33. The zero-order valence-corrected chi connectivity index (χ0v) is 12.8. The van der Waals surface area contributed by atoms with E-state index in [4.69, 9.17) is 0 Å². The smallest absolute Gasteiger partial charge is 0.0246 e. The molecule has 0 spiro atoms. The Hall–Kier alpha value is -1.16. The van der Waals surface area contributed by atoms with E-state index in [0.29, 0.717) is 12.1 Å². The topological polar surface area (TPSA) is 15.3 Å². The Labute approximate surface area is 125 Å². The first-order valence-corrected chi connectivity index (χ1v) is 8.28. The van der Waals surface area contributed by atoms with Crippen molar-refractivity contribution in [2.45, 2.75) is 32.0 Å². The van der Waals surface area contributed by atoms with E-state index < -0.39 is 0 Å². The number of benzene rings is 1. The molecule has 3 rings (SSSR count). The first kappa shape index (κ1) is 13.8. The summed E-state index contributed by atoms with van der Waals surface area (Å²) in [4.78, 5) is 2.60. The molecule has 106 valence electrons. The van der Waals surface area contributed by atoms with Gasteiger partial charge in [-0.05, 0) is 41.3 Å². The third-order valence-corrected chi connectivity index (χ3v) is 4.80. The maximum Gasteiger partial charge on any atom is 0.0246 e. The Morgan fingerprint density at radius 2 is 2.05 bits per heavy atom. The van der Waals surface area contributed by atoms with Gasteiger partial charge in [-0.3, -0.25) is 4.90 Å². The Bertz CT molecular complexity index is 509. The van der Waals surface area contributed by atoms with Crippen molar-refractivity contribution < 1.29 is 0 Å². The molecule has 2 heterocycles. The summed E-state index contributed by atoms with van der Waals surface area (Å²) in [5.74, 6) is 0. The minimum absolute atomic E-state index is 0.562. The molecule has 20 heavy (non-hydrogen) atoms. The second kappa shape index (κ2) is 6.53. The van der Waals surface area contributed by atoms with Crippen molar-refractivity contribution in [1.82, 2.24) is 10.2 Å². The number of thiophene rings is 1. The molecular formula is C17H22N2S. The van der Waals surface area contributed by atoms with Crippen LogP contribution in [-0.4, -0.2) is 30.1 Å². The minimum atomic E-state index is 0.562. The van der Waals surface area contributed by atoms with E-state index in [2.05, 4.69) is 64.3 Å². The monoisotopic (exact) mass is 286 g/mol. The van der Waals surface area contributed by atoms with Crippen LogP contribution in [0.4, 0.5) is 0 Å². The van der Waals surface area contributed by atoms with Gasteiger partial charge < -0.3 is 5.32 Å². The number of hydrogen-bond acceptors (Lipinski definition) is 3. The zero-order valence-electron chi connectivity index (χ0n) is 12.0. The molecule has 0 aliphatic carbocycles. The fourth-order valence-corrected chi connectivity index (χ4v) is 3.53. The predicted molar refractivity (Wildman–Crippen MR) is 86.1 cm³/mol. The van der Waals surface area contributed by atoms with Crippen molar-refractivity contribution in [3.63, 3.8) is 0 Å². The van der Waals surface area contributed by atoms with Crippen LogP contribution >= 0.6 is 11.3 Å². The molecule has 2 atom stereocenters. The SMILES string of the molecule is CC1CNC(Cc2ccccc2)CN1Cc1ccsc1. The second-order valence-corrected chi connectivity index (χ2v) is 6.48. The fraction of sp³-hybridized carbons (Fsp3) is 0.412. The second-order valence-electron chi connectivity index (χ2n) is 5.70. The van der Waals surface area contributed by atoms with Crippen LogP contribution in [0.3, 0.4) is 0 Å². The lowest BCUT2D eigenvalue weighted by Gasteiger charge is -2.38. The van der Waals surface area contributed by atoms with Crippen LogP contribution in [0, 0.1) is 0 Å². The largest absolute Gasteiger partial charge is 0.311 e. The summed E-state index contributed by atoms with van der Waals surface area (Å²) < 4.78 is 0. The number of rotatable bonds is 4. The average molecular weight is 286 g/mol. The lowest BCUT2D eigenvalue weighted by Crippen LogP contribution is -2.55. The molecular weight excluding hydrogens is 264 g/mol. The van der Waals surface area contributed by atoms with Crippen molar-refractivity contribution in [1.29, 1.82) is 0 Å². The van der Waals surface area contributed by atoms with Crippen molar-refractivity contribution >= 4 is 11.3 Å². The lowest BCUT2D eigenvalue weighted by molar-refractivity contribution is 0.133. The van der Waals surface area contributed by atoms with Gasteiger partial charge in [-0.25, -0.2) is 0 Å². The van der Waals surface area contributed by atoms with E-state index in [1.54, 1.807) is 11.3 Å². The molecule has 1 saturated heterocycles. The van der Waals surface area contributed by atoms with Crippen LogP contribution in [0.1, 0.15) is 18.1 Å². The van der Waals surface area contributed by atoms with E-state index in [1.165, 1.54) is 11.1 Å². The highest BCUT2D eigenvalue weighted by Crippen LogP contribution is 2.16. The van der Waals surface area contributed by atoms with Crippen LogP contribution in [0.2, 0.25) is 0 Å². The molecule has 2 aromatic rings. The number of hydrogen-bond donors (Lipinski definition) is 1. The highest BCUT2D eigenvalue weighted by Gasteiger charge is 2.24. The Morgan fingerprint density at radius 3 is 2.80 bits per heavy atom. The van der Waals surface area contributed by atoms with Gasteiger partial charge in [-0.2, -0.15) is 11.3 Å². The average Bonchev–Trinajstić information content (AvgIpc) is 2.97. The summed E-state index contributed by atoms with van der Waals surface area (Å²) >= 11 is 1.79. The van der Waals surface area contributed by atoms with E-state index in [0.717, 1.165) is 26.1 Å². The van der Waals surface area contributed by atoms with E-state index in [1.807, 2.05) is 0 Å². The van der Waals surface area contributed by atoms with Crippen LogP contribution in [0.25, 0.3) is 0 Å². The van der Waals surface area contributed by atoms with E-state index >= 15 is 0 Å². The molecule has 3 heteroatoms. The Balaban J connectivity index is 1.61. The number of piperazine rings is 1. The highest BCUT2D eigenvalue weighted by atomic mass is 32.1. The zero-order chi connectivity index (χ0) is 13.8. The van der Waals surface area contributed by atoms with E-state index in [9.17, 15) is 0 Å². The van der Waals surface area contributed by atoms with Gasteiger partial charge in [0.2, 0.25) is 0 Å². The van der Waals surface area contributed by atoms with Crippen LogP contribution in [0.15, 0.2) is 47.2 Å². The lowest BCUT2D eigenvalue weighted by atomic mass is 10.0. The maximum absolute atomic E-state index is 3.69. The van der Waals surface area contributed by atoms with Gasteiger partial charge in [0.25, 0.3) is 0 Å². The molecule has 2 nitrogen and oxygen atoms in total. The molecule has 1 aromatic carbocycles. The van der Waals surface area contributed by atoms with Crippen molar-refractivity contribution in [2.75, 3.05) is 13.1 Å². The number of nitrogens with zero attached hydrogens (tertiary/aromatic N) is 1. The molecule has 1 N–H and O–H groups in total. The molecule has 1 aromatic heterocycles. The van der Waals surface area contributed by atoms with Crippen LogP contribution < -0.4 is 5.32 Å². The predicted octanol–water partition coefficient (Wildman–Crippen LogP) is 3.15. The van der Waals surface area contributed by atoms with Gasteiger partial charge in [0.05, 0.1) is 0 Å². The van der Waals surface area contributed by atoms with Gasteiger partial charge in [0, 0.05) is 31.7 Å². The normalized spacial score (nSPS) is 23.9. The van der Waals surface area contributed by atoms with E-state index in [-0.39, 0.29) is 0 Å². The van der Waals surface area contributed by atoms with Crippen LogP contribution in [-0.2, 0) is 13.0 Å². The molecule has 0 saturated carbocycles. The quantitative estimate of drug-likeness (QED) is 0.929. The molecule has 2 unspecified atom stereocenters. The van der Waals surface area contributed by atoms with Crippen LogP contribution in [0.5, 0.6) is 0 Å². The highest BCUT2D eigenvalue weighted by molar-refractivity contribution is 7.07. The Kier molecular flexibility index (Phi) is 4.51. The third-order valence-electron chi connectivity index (χ3n) is 4.07. The number of nitrogens with one attached hydrogen (secondary N) is 1. The summed E-state index contributed by atoms with van der Waals surface area (Å²) in [6.07, 6.45) is 1.12. The molecule has 1 aliphatic rings. The minimum Gasteiger partial charge on any atom is -0.311 e. The summed E-state index contributed by atoms with van der Waals surface area (Å²) in [5.41, 5.74) is 2.87. The molecule has 1 aliphatic heterocycles.